The number of ether oxygens (including phenoxy) is 1. The summed E-state index contributed by atoms with van der Waals surface area (Å²) in [6, 6.07) is 9.82. The van der Waals surface area contributed by atoms with Crippen molar-refractivity contribution >= 4 is 5.91 Å². The number of para-hydroxylation sites is 1. The first-order chi connectivity index (χ1) is 10.7. The molecule has 0 fully saturated rings. The quantitative estimate of drug-likeness (QED) is 0.828. The van der Waals surface area contributed by atoms with Gasteiger partial charge in [-0.25, -0.2) is 4.98 Å². The van der Waals surface area contributed by atoms with Crippen molar-refractivity contribution in [1.82, 2.24) is 9.88 Å². The second kappa shape index (κ2) is 7.51. The van der Waals surface area contributed by atoms with Gasteiger partial charge in [0, 0.05) is 36.5 Å². The van der Waals surface area contributed by atoms with E-state index in [0.717, 1.165) is 11.6 Å². The summed E-state index contributed by atoms with van der Waals surface area (Å²) in [6.07, 6.45) is 1.24. The van der Waals surface area contributed by atoms with Gasteiger partial charge in [-0.05, 0) is 12.1 Å². The van der Waals surface area contributed by atoms with E-state index < -0.39 is 5.95 Å². The van der Waals surface area contributed by atoms with E-state index in [2.05, 4.69) is 4.98 Å². The summed E-state index contributed by atoms with van der Waals surface area (Å²) < 4.78 is 18.4. The summed E-state index contributed by atoms with van der Waals surface area (Å²) >= 11 is 0. The molecule has 0 saturated heterocycles. The van der Waals surface area contributed by atoms with Crippen LogP contribution in [-0.4, -0.2) is 41.2 Å². The lowest BCUT2D eigenvalue weighted by atomic mass is 10.1. The molecule has 22 heavy (non-hydrogen) atoms. The largest absolute Gasteiger partial charge is 0.496 e. The zero-order valence-corrected chi connectivity index (χ0v) is 12.2. The van der Waals surface area contributed by atoms with Gasteiger partial charge < -0.3 is 14.7 Å². The fraction of sp³-hybridized carbons (Fsp3) is 0.250. The van der Waals surface area contributed by atoms with Crippen molar-refractivity contribution in [2.24, 2.45) is 0 Å². The summed E-state index contributed by atoms with van der Waals surface area (Å²) in [5.41, 5.74) is 0.997. The van der Waals surface area contributed by atoms with Crippen LogP contribution < -0.4 is 4.74 Å². The maximum atomic E-state index is 13.2. The molecule has 116 valence electrons. The zero-order valence-electron chi connectivity index (χ0n) is 12.2. The Morgan fingerprint density at radius 2 is 2.14 bits per heavy atom. The number of nitrogens with zero attached hydrogens (tertiary/aromatic N) is 2. The zero-order chi connectivity index (χ0) is 15.9. The summed E-state index contributed by atoms with van der Waals surface area (Å²) in [5, 5.41) is 9.18. The third-order valence-corrected chi connectivity index (χ3v) is 3.18. The third-order valence-electron chi connectivity index (χ3n) is 3.18. The van der Waals surface area contributed by atoms with Gasteiger partial charge in [-0.1, -0.05) is 18.2 Å². The van der Waals surface area contributed by atoms with Gasteiger partial charge in [0.25, 0.3) is 5.91 Å². The molecule has 1 N–H and O–H groups in total. The van der Waals surface area contributed by atoms with Gasteiger partial charge in [0.2, 0.25) is 5.95 Å². The van der Waals surface area contributed by atoms with Crippen LogP contribution in [0.1, 0.15) is 15.9 Å². The van der Waals surface area contributed by atoms with Crippen LogP contribution in [0.25, 0.3) is 0 Å². The maximum Gasteiger partial charge on any atom is 0.254 e. The number of carbonyl (C=O) groups excluding carboxylic acids is 1. The fourth-order valence-corrected chi connectivity index (χ4v) is 2.13. The number of benzene rings is 1. The minimum Gasteiger partial charge on any atom is -0.496 e. The first-order valence-corrected chi connectivity index (χ1v) is 6.79. The monoisotopic (exact) mass is 304 g/mol. The number of amides is 1. The molecular formula is C16H17FN2O3. The summed E-state index contributed by atoms with van der Waals surface area (Å²) in [4.78, 5) is 17.3. The first-order valence-electron chi connectivity index (χ1n) is 6.79. The molecule has 1 aromatic carbocycles. The Bertz CT molecular complexity index is 649. The van der Waals surface area contributed by atoms with Crippen LogP contribution in [0.2, 0.25) is 0 Å². The lowest BCUT2D eigenvalue weighted by molar-refractivity contribution is 0.0706. The van der Waals surface area contributed by atoms with Crippen molar-refractivity contribution < 1.29 is 19.0 Å². The topological polar surface area (TPSA) is 62.7 Å². The Morgan fingerprint density at radius 1 is 1.36 bits per heavy atom. The van der Waals surface area contributed by atoms with Crippen molar-refractivity contribution in [2.75, 3.05) is 20.3 Å². The summed E-state index contributed by atoms with van der Waals surface area (Å²) in [6.45, 7) is 0.211. The molecule has 1 aromatic heterocycles. The predicted octanol–water partition coefficient (Wildman–Crippen LogP) is 1.86. The number of halogens is 1. The highest BCUT2D eigenvalue weighted by Gasteiger charge is 2.18. The highest BCUT2D eigenvalue weighted by atomic mass is 19.1. The molecule has 0 bridgehead atoms. The number of aliphatic hydroxyl groups is 1. The molecule has 2 aromatic rings. The van der Waals surface area contributed by atoms with Crippen LogP contribution >= 0.6 is 0 Å². The average molecular weight is 304 g/mol. The van der Waals surface area contributed by atoms with Gasteiger partial charge in [0.1, 0.15) is 5.75 Å². The first kappa shape index (κ1) is 15.9. The highest BCUT2D eigenvalue weighted by molar-refractivity contribution is 5.94. The number of hydrogen-bond donors (Lipinski definition) is 1. The molecule has 0 radical (unpaired) electrons. The summed E-state index contributed by atoms with van der Waals surface area (Å²) in [5.74, 6) is -0.438. The van der Waals surface area contributed by atoms with Gasteiger partial charge >= 0.3 is 0 Å². The van der Waals surface area contributed by atoms with E-state index in [4.69, 9.17) is 4.74 Å². The fourth-order valence-electron chi connectivity index (χ4n) is 2.13. The van der Waals surface area contributed by atoms with Crippen LogP contribution in [0.5, 0.6) is 5.75 Å². The Kier molecular flexibility index (Phi) is 5.43. The number of carbonyl (C=O) groups is 1. The van der Waals surface area contributed by atoms with Crippen LogP contribution in [-0.2, 0) is 6.54 Å². The van der Waals surface area contributed by atoms with Crippen molar-refractivity contribution in [3.63, 3.8) is 0 Å². The molecule has 0 saturated carbocycles. The van der Waals surface area contributed by atoms with Gasteiger partial charge in [-0.2, -0.15) is 4.39 Å². The number of aromatic nitrogens is 1. The lowest BCUT2D eigenvalue weighted by Crippen LogP contribution is -2.33. The van der Waals surface area contributed by atoms with E-state index >= 15 is 0 Å². The number of aliphatic hydroxyl groups excluding tert-OH is 1. The van der Waals surface area contributed by atoms with Crippen molar-refractivity contribution in [3.8, 4) is 5.75 Å². The molecular weight excluding hydrogens is 287 g/mol. The molecule has 0 spiro atoms. The van der Waals surface area contributed by atoms with E-state index in [-0.39, 0.29) is 31.2 Å². The van der Waals surface area contributed by atoms with Crippen LogP contribution in [0.4, 0.5) is 4.39 Å². The van der Waals surface area contributed by atoms with E-state index in [1.807, 2.05) is 18.2 Å². The molecule has 2 rings (SSSR count). The van der Waals surface area contributed by atoms with Gasteiger partial charge in [-0.3, -0.25) is 4.79 Å². The average Bonchev–Trinajstić information content (AvgIpc) is 2.54. The highest BCUT2D eigenvalue weighted by Crippen LogP contribution is 2.20. The Labute approximate surface area is 128 Å². The molecule has 0 unspecified atom stereocenters. The summed E-state index contributed by atoms with van der Waals surface area (Å²) in [7, 11) is 1.55. The maximum absolute atomic E-state index is 13.2. The van der Waals surface area contributed by atoms with Crippen LogP contribution in [0.15, 0.2) is 42.6 Å². The molecule has 0 atom stereocenters. The van der Waals surface area contributed by atoms with E-state index in [0.29, 0.717) is 5.75 Å². The van der Waals surface area contributed by atoms with Gasteiger partial charge in [-0.15, -0.1) is 0 Å². The lowest BCUT2D eigenvalue weighted by Gasteiger charge is -2.23. The third kappa shape index (κ3) is 3.79. The molecule has 0 aliphatic rings. The SMILES string of the molecule is COc1ccccc1CN(CCO)C(=O)c1ccnc(F)c1. The number of methoxy groups -OCH3 is 1. The standard InChI is InChI=1S/C16H17FN2O3/c1-22-14-5-3-2-4-13(14)11-19(8-9-20)16(21)12-6-7-18-15(17)10-12/h2-7,10,20H,8-9,11H2,1H3. The minimum atomic E-state index is -0.716. The van der Waals surface area contributed by atoms with Gasteiger partial charge in [0.05, 0.1) is 13.7 Å². The number of hydrogen-bond acceptors (Lipinski definition) is 4. The molecule has 1 amide bonds. The minimum absolute atomic E-state index is 0.140. The molecule has 0 aliphatic heterocycles. The second-order valence-electron chi connectivity index (χ2n) is 4.63. The Balaban J connectivity index is 2.24. The van der Waals surface area contributed by atoms with Crippen LogP contribution in [0.3, 0.4) is 0 Å². The second-order valence-corrected chi connectivity index (χ2v) is 4.63. The Morgan fingerprint density at radius 3 is 2.82 bits per heavy atom. The van der Waals surface area contributed by atoms with E-state index in [9.17, 15) is 14.3 Å². The molecule has 0 aliphatic carbocycles. The molecule has 1 heterocycles. The number of rotatable bonds is 6. The van der Waals surface area contributed by atoms with Crippen LogP contribution in [0, 0.1) is 5.95 Å². The van der Waals surface area contributed by atoms with E-state index in [1.54, 1.807) is 13.2 Å². The van der Waals surface area contributed by atoms with Crippen molar-refractivity contribution in [3.05, 3.63) is 59.7 Å². The predicted molar refractivity (Wildman–Crippen MR) is 79.0 cm³/mol. The molecule has 5 nitrogen and oxygen atoms in total. The Hall–Kier alpha value is -2.47. The molecule has 6 heteroatoms. The van der Waals surface area contributed by atoms with E-state index in [1.165, 1.54) is 17.2 Å². The normalized spacial score (nSPS) is 10.3. The van der Waals surface area contributed by atoms with Crippen molar-refractivity contribution in [1.29, 1.82) is 0 Å². The van der Waals surface area contributed by atoms with Crippen molar-refractivity contribution in [2.45, 2.75) is 6.54 Å². The smallest absolute Gasteiger partial charge is 0.254 e. The number of pyridine rings is 1. The van der Waals surface area contributed by atoms with Gasteiger partial charge in [0.15, 0.2) is 0 Å².